The van der Waals surface area contributed by atoms with E-state index in [1.54, 1.807) is 0 Å². The molecule has 4 N–H and O–H groups in total. The molecule has 0 saturated heterocycles. The highest BCUT2D eigenvalue weighted by atomic mass is 35.5. The first-order valence-corrected chi connectivity index (χ1v) is 12.1. The molecule has 1 heterocycles. The van der Waals surface area contributed by atoms with Crippen molar-refractivity contribution in [2.24, 2.45) is 5.41 Å². The lowest BCUT2D eigenvalue weighted by atomic mass is 9.88. The molecule has 0 fully saturated rings. The quantitative estimate of drug-likeness (QED) is 0.367. The fourth-order valence-corrected chi connectivity index (χ4v) is 3.98. The van der Waals surface area contributed by atoms with Gasteiger partial charge in [-0.1, -0.05) is 62.7 Å². The van der Waals surface area contributed by atoms with Crippen LogP contribution in [0.3, 0.4) is 0 Å². The highest BCUT2D eigenvalue weighted by Gasteiger charge is 2.18. The minimum absolute atomic E-state index is 0.00797. The van der Waals surface area contributed by atoms with E-state index in [0.717, 1.165) is 47.8 Å². The van der Waals surface area contributed by atoms with Crippen molar-refractivity contribution in [3.8, 4) is 0 Å². The van der Waals surface area contributed by atoms with Crippen molar-refractivity contribution >= 4 is 35.0 Å². The largest absolute Gasteiger partial charge is 0.481 e. The zero-order chi connectivity index (χ0) is 26.0. The van der Waals surface area contributed by atoms with Gasteiger partial charge in [-0.15, -0.1) is 0 Å². The Kier molecular flexibility index (Phi) is 10.7. The van der Waals surface area contributed by atoms with Crippen molar-refractivity contribution in [3.05, 3.63) is 63.7 Å². The molecule has 0 unspecified atom stereocenters. The van der Waals surface area contributed by atoms with Crippen LogP contribution in [-0.4, -0.2) is 41.0 Å². The van der Waals surface area contributed by atoms with Crippen molar-refractivity contribution in [1.29, 1.82) is 0 Å². The molecule has 8 heteroatoms. The molecular weight excluding hydrogens is 468 g/mol. The number of benzene rings is 2. The van der Waals surface area contributed by atoms with Crippen LogP contribution in [-0.2, 0) is 29.0 Å². The lowest BCUT2D eigenvalue weighted by molar-refractivity contribution is -0.143. The number of carboxylic acid groups (broad SMARTS) is 2. The molecule has 0 radical (unpaired) electrons. The Labute approximate surface area is 211 Å². The minimum atomic E-state index is -1.08. The van der Waals surface area contributed by atoms with Crippen LogP contribution in [0.2, 0.25) is 5.02 Å². The van der Waals surface area contributed by atoms with Crippen molar-refractivity contribution in [3.63, 3.8) is 0 Å². The summed E-state index contributed by atoms with van der Waals surface area (Å²) in [7, 11) is 0. The van der Waals surface area contributed by atoms with Gasteiger partial charge in [-0.3, -0.25) is 14.4 Å². The van der Waals surface area contributed by atoms with Crippen LogP contribution in [0.15, 0.2) is 36.4 Å². The van der Waals surface area contributed by atoms with Gasteiger partial charge in [0, 0.05) is 18.5 Å². The van der Waals surface area contributed by atoms with Crippen molar-refractivity contribution < 1.29 is 24.6 Å². The van der Waals surface area contributed by atoms with Gasteiger partial charge in [0.1, 0.15) is 0 Å². The van der Waals surface area contributed by atoms with Crippen LogP contribution in [0.5, 0.6) is 0 Å². The zero-order valence-corrected chi connectivity index (χ0v) is 21.4. The summed E-state index contributed by atoms with van der Waals surface area (Å²) in [6.45, 7) is 8.95. The smallest absolute Gasteiger partial charge is 0.303 e. The van der Waals surface area contributed by atoms with Crippen LogP contribution >= 0.6 is 11.6 Å². The lowest BCUT2D eigenvalue weighted by Crippen LogP contribution is -2.16. The first-order chi connectivity index (χ1) is 16.5. The minimum Gasteiger partial charge on any atom is -0.481 e. The van der Waals surface area contributed by atoms with Crippen LogP contribution < -0.4 is 10.6 Å². The summed E-state index contributed by atoms with van der Waals surface area (Å²) >= 11 is 6.48. The van der Waals surface area contributed by atoms with Gasteiger partial charge in [0.15, 0.2) is 5.78 Å². The predicted molar refractivity (Wildman–Crippen MR) is 138 cm³/mol. The number of anilines is 1. The summed E-state index contributed by atoms with van der Waals surface area (Å²) in [6, 6.07) is 12.1. The molecule has 0 spiro atoms. The third-order valence-corrected chi connectivity index (χ3v) is 5.79. The molecule has 0 bridgehead atoms. The van der Waals surface area contributed by atoms with Crippen molar-refractivity contribution in [2.45, 2.75) is 59.4 Å². The van der Waals surface area contributed by atoms with E-state index in [1.165, 1.54) is 11.1 Å². The molecule has 0 amide bonds. The molecule has 2 aromatic carbocycles. The SMILES string of the molecule is CC(C)(C)CC(=O)c1ccc(CNc2c(Cl)ccc3c2CCNCC3)cc1.O=C(O)CCC(=O)O. The number of nitrogens with one attached hydrogen (secondary N) is 2. The highest BCUT2D eigenvalue weighted by molar-refractivity contribution is 6.33. The number of hydrogen-bond acceptors (Lipinski definition) is 5. The molecule has 35 heavy (non-hydrogen) atoms. The van der Waals surface area contributed by atoms with Gasteiger partial charge in [0.05, 0.1) is 23.6 Å². The third-order valence-electron chi connectivity index (χ3n) is 5.47. The summed E-state index contributed by atoms with van der Waals surface area (Å²) in [4.78, 5) is 31.6. The first-order valence-electron chi connectivity index (χ1n) is 11.8. The second-order valence-electron chi connectivity index (χ2n) is 9.81. The molecule has 190 valence electrons. The number of Topliss-reactive ketones (excluding diaryl/α,β-unsaturated/α-hetero) is 1. The molecule has 2 aromatic rings. The van der Waals surface area contributed by atoms with E-state index in [1.807, 2.05) is 30.3 Å². The van der Waals surface area contributed by atoms with E-state index >= 15 is 0 Å². The maximum atomic E-state index is 12.3. The molecule has 0 atom stereocenters. The molecule has 0 saturated carbocycles. The van der Waals surface area contributed by atoms with Crippen LogP contribution in [0, 0.1) is 5.41 Å². The van der Waals surface area contributed by atoms with Crippen LogP contribution in [0.1, 0.15) is 67.1 Å². The van der Waals surface area contributed by atoms with Gasteiger partial charge in [-0.25, -0.2) is 0 Å². The molecule has 7 nitrogen and oxygen atoms in total. The monoisotopic (exact) mass is 502 g/mol. The Morgan fingerprint density at radius 2 is 1.54 bits per heavy atom. The molecule has 0 aromatic heterocycles. The number of carboxylic acids is 2. The molecule has 1 aliphatic heterocycles. The third kappa shape index (κ3) is 10.1. The molecule has 3 rings (SSSR count). The Bertz CT molecular complexity index is 1020. The highest BCUT2D eigenvalue weighted by Crippen LogP contribution is 2.31. The number of fused-ring (bicyclic) bond motifs is 1. The average Bonchev–Trinajstić information content (AvgIpc) is 3.02. The normalized spacial score (nSPS) is 13.0. The zero-order valence-electron chi connectivity index (χ0n) is 20.6. The second-order valence-corrected chi connectivity index (χ2v) is 10.2. The molecular formula is C27H35ClN2O5. The average molecular weight is 503 g/mol. The van der Waals surface area contributed by atoms with Gasteiger partial charge in [0.2, 0.25) is 0 Å². The van der Waals surface area contributed by atoms with Gasteiger partial charge >= 0.3 is 11.9 Å². The van der Waals surface area contributed by atoms with E-state index in [9.17, 15) is 14.4 Å². The van der Waals surface area contributed by atoms with E-state index in [2.05, 4.69) is 37.5 Å². The molecule has 0 aliphatic carbocycles. The van der Waals surface area contributed by atoms with Gasteiger partial charge in [0.25, 0.3) is 0 Å². The Balaban J connectivity index is 0.000000466. The summed E-state index contributed by atoms with van der Waals surface area (Å²) in [5.74, 6) is -1.95. The number of ketones is 1. The number of hydrogen-bond donors (Lipinski definition) is 4. The number of aliphatic carboxylic acids is 2. The van der Waals surface area contributed by atoms with Gasteiger partial charge in [-0.05, 0) is 54.1 Å². The Hall–Kier alpha value is -2.90. The second kappa shape index (κ2) is 13.3. The van der Waals surface area contributed by atoms with E-state index in [4.69, 9.17) is 21.8 Å². The lowest BCUT2D eigenvalue weighted by Gasteiger charge is -2.17. The number of halogens is 1. The fraction of sp³-hybridized carbons (Fsp3) is 0.444. The Morgan fingerprint density at radius 1 is 0.943 bits per heavy atom. The van der Waals surface area contributed by atoms with Gasteiger partial charge < -0.3 is 20.8 Å². The van der Waals surface area contributed by atoms with Crippen LogP contribution in [0.4, 0.5) is 5.69 Å². The molecule has 1 aliphatic rings. The van der Waals surface area contributed by atoms with Crippen molar-refractivity contribution in [2.75, 3.05) is 18.4 Å². The summed E-state index contributed by atoms with van der Waals surface area (Å²) < 4.78 is 0. The first kappa shape index (κ1) is 28.3. The maximum Gasteiger partial charge on any atom is 0.303 e. The van der Waals surface area contributed by atoms with E-state index in [0.29, 0.717) is 13.0 Å². The number of carbonyl (C=O) groups excluding carboxylic acids is 1. The Morgan fingerprint density at radius 3 is 2.11 bits per heavy atom. The maximum absolute atomic E-state index is 12.3. The van der Waals surface area contributed by atoms with Crippen molar-refractivity contribution in [1.82, 2.24) is 5.32 Å². The number of carbonyl (C=O) groups is 3. The predicted octanol–water partition coefficient (Wildman–Crippen LogP) is 5.20. The standard InChI is InChI=1S/C23H29ClN2O.C4H6O4/c1-23(2,3)14-21(27)18-6-4-16(5-7-18)15-26-22-19-11-13-25-12-10-17(19)8-9-20(22)24;5-3(6)1-2-4(7)8/h4-9,25-26H,10-15H2,1-3H3;1-2H2,(H,5,6)(H,7,8). The van der Waals surface area contributed by atoms with Gasteiger partial charge in [-0.2, -0.15) is 0 Å². The topological polar surface area (TPSA) is 116 Å². The summed E-state index contributed by atoms with van der Waals surface area (Å²) in [6.07, 6.45) is 1.99. The van der Waals surface area contributed by atoms with E-state index in [-0.39, 0.29) is 24.0 Å². The fourth-order valence-electron chi connectivity index (χ4n) is 3.73. The van der Waals surface area contributed by atoms with E-state index < -0.39 is 11.9 Å². The summed E-state index contributed by atoms with van der Waals surface area (Å²) in [5.41, 5.74) is 5.67. The summed E-state index contributed by atoms with van der Waals surface area (Å²) in [5, 5.41) is 23.5. The number of rotatable bonds is 8. The van der Waals surface area contributed by atoms with Crippen LogP contribution in [0.25, 0.3) is 0 Å².